The lowest BCUT2D eigenvalue weighted by atomic mass is 9.99. The van der Waals surface area contributed by atoms with Crippen LogP contribution in [0.15, 0.2) is 41.2 Å². The Balaban J connectivity index is 1.29. The second kappa shape index (κ2) is 8.02. The molecule has 1 saturated carbocycles. The molecule has 3 aromatic heterocycles. The van der Waals surface area contributed by atoms with E-state index >= 15 is 0 Å². The third kappa shape index (κ3) is 3.54. The maximum absolute atomic E-state index is 5.65. The van der Waals surface area contributed by atoms with Crippen molar-refractivity contribution in [3.05, 3.63) is 42.4 Å². The molecule has 0 unspecified atom stereocenters. The Morgan fingerprint density at radius 2 is 1.81 bits per heavy atom. The molecule has 2 fully saturated rings. The molecular formula is C24H27N7O. The van der Waals surface area contributed by atoms with Crippen LogP contribution in [-0.2, 0) is 0 Å². The number of benzene rings is 1. The highest BCUT2D eigenvalue weighted by molar-refractivity contribution is 6.04. The van der Waals surface area contributed by atoms with E-state index in [1.54, 1.807) is 0 Å². The number of hydrogen-bond acceptors (Lipinski definition) is 8. The van der Waals surface area contributed by atoms with Gasteiger partial charge in [-0.05, 0) is 44.2 Å². The molecular weight excluding hydrogens is 402 g/mol. The van der Waals surface area contributed by atoms with Crippen molar-refractivity contribution in [1.82, 2.24) is 25.0 Å². The first-order valence-electron chi connectivity index (χ1n) is 11.5. The number of aromatic nitrogens is 4. The Hall–Kier alpha value is -3.26. The predicted molar refractivity (Wildman–Crippen MR) is 126 cm³/mol. The normalized spacial score (nSPS) is 18.1. The lowest BCUT2D eigenvalue weighted by Crippen LogP contribution is -2.44. The Bertz CT molecular complexity index is 1240. The number of rotatable bonds is 4. The van der Waals surface area contributed by atoms with Gasteiger partial charge in [0.05, 0.1) is 28.5 Å². The number of hydrogen-bond donors (Lipinski definition) is 1. The summed E-state index contributed by atoms with van der Waals surface area (Å²) in [5.74, 6) is 1.72. The van der Waals surface area contributed by atoms with Gasteiger partial charge in [-0.1, -0.05) is 18.0 Å². The van der Waals surface area contributed by atoms with Crippen LogP contribution < -0.4 is 10.2 Å². The molecule has 8 heteroatoms. The summed E-state index contributed by atoms with van der Waals surface area (Å²) < 4.78 is 5.65. The quantitative estimate of drug-likeness (QED) is 0.514. The summed E-state index contributed by atoms with van der Waals surface area (Å²) in [5.41, 5.74) is 3.87. The van der Waals surface area contributed by atoms with Crippen LogP contribution >= 0.6 is 0 Å². The minimum Gasteiger partial charge on any atom is -0.368 e. The van der Waals surface area contributed by atoms with E-state index in [0.29, 0.717) is 11.9 Å². The van der Waals surface area contributed by atoms with E-state index in [9.17, 15) is 0 Å². The Morgan fingerprint density at radius 1 is 0.969 bits per heavy atom. The average molecular weight is 430 g/mol. The van der Waals surface area contributed by atoms with Crippen LogP contribution in [-0.4, -0.2) is 58.2 Å². The van der Waals surface area contributed by atoms with Crippen LogP contribution in [0.4, 0.5) is 17.5 Å². The molecule has 0 radical (unpaired) electrons. The molecule has 0 spiro atoms. The summed E-state index contributed by atoms with van der Waals surface area (Å²) in [4.78, 5) is 18.7. The number of likely N-dealkylation sites (N-methyl/N-ethyl adjacent to an activating group) is 1. The molecule has 2 aliphatic rings. The number of nitrogens with zero attached hydrogens (tertiary/aromatic N) is 6. The smallest absolute Gasteiger partial charge is 0.228 e. The van der Waals surface area contributed by atoms with Crippen LogP contribution in [0, 0.1) is 0 Å². The first-order valence-corrected chi connectivity index (χ1v) is 11.5. The summed E-state index contributed by atoms with van der Waals surface area (Å²) in [5, 5.41) is 9.71. The molecule has 1 saturated heterocycles. The fraction of sp³-hybridized carbons (Fsp3) is 0.417. The van der Waals surface area contributed by atoms with Gasteiger partial charge in [0, 0.05) is 43.7 Å². The van der Waals surface area contributed by atoms with Crippen molar-refractivity contribution in [2.24, 2.45) is 0 Å². The van der Waals surface area contributed by atoms with E-state index in [-0.39, 0.29) is 0 Å². The summed E-state index contributed by atoms with van der Waals surface area (Å²) in [7, 11) is 2.16. The van der Waals surface area contributed by atoms with Crippen molar-refractivity contribution < 1.29 is 4.52 Å². The van der Waals surface area contributed by atoms with Gasteiger partial charge in [0.25, 0.3) is 0 Å². The lowest BCUT2D eigenvalue weighted by molar-refractivity contribution is 0.313. The molecule has 32 heavy (non-hydrogen) atoms. The SMILES string of the molecule is CN1CCN(c2ccc(Nc3ncc4ccc5onc(C6CCCC6)c5c4n3)nc2)CC1. The predicted octanol–water partition coefficient (Wildman–Crippen LogP) is 4.32. The fourth-order valence-electron chi connectivity index (χ4n) is 4.91. The summed E-state index contributed by atoms with van der Waals surface area (Å²) in [6, 6.07) is 8.07. The Labute approximate surface area is 186 Å². The molecule has 1 aromatic carbocycles. The largest absolute Gasteiger partial charge is 0.368 e. The summed E-state index contributed by atoms with van der Waals surface area (Å²) in [6.07, 6.45) is 8.61. The molecule has 0 bridgehead atoms. The number of nitrogens with one attached hydrogen (secondary N) is 1. The zero-order chi connectivity index (χ0) is 21.5. The van der Waals surface area contributed by atoms with Gasteiger partial charge < -0.3 is 19.6 Å². The zero-order valence-corrected chi connectivity index (χ0v) is 18.3. The topological polar surface area (TPSA) is 83.2 Å². The monoisotopic (exact) mass is 429 g/mol. The number of anilines is 3. The average Bonchev–Trinajstić information content (AvgIpc) is 3.50. The third-order valence-corrected chi connectivity index (χ3v) is 6.81. The first kappa shape index (κ1) is 19.4. The number of pyridine rings is 1. The van der Waals surface area contributed by atoms with Gasteiger partial charge in [-0.2, -0.15) is 0 Å². The molecule has 0 atom stereocenters. The highest BCUT2D eigenvalue weighted by Gasteiger charge is 2.25. The minimum atomic E-state index is 0.456. The standard InChI is InChI=1S/C24H27N7O/c1-30-10-12-31(13-11-30)18-7-9-20(25-15-18)27-24-26-14-17-6-8-19-21(22(17)28-24)23(29-32-19)16-4-2-3-5-16/h6-9,14-16H,2-5,10-13H2,1H3,(H,25,26,27,28). The summed E-state index contributed by atoms with van der Waals surface area (Å²) >= 11 is 0. The van der Waals surface area contributed by atoms with Gasteiger partial charge in [-0.3, -0.25) is 0 Å². The second-order valence-electron chi connectivity index (χ2n) is 8.94. The third-order valence-electron chi connectivity index (χ3n) is 6.81. The van der Waals surface area contributed by atoms with E-state index < -0.39 is 0 Å². The van der Waals surface area contributed by atoms with Crippen LogP contribution in [0.2, 0.25) is 0 Å². The molecule has 164 valence electrons. The maximum Gasteiger partial charge on any atom is 0.228 e. The van der Waals surface area contributed by atoms with Crippen molar-refractivity contribution in [2.75, 3.05) is 43.4 Å². The zero-order valence-electron chi connectivity index (χ0n) is 18.3. The Kier molecular flexibility index (Phi) is 4.87. The molecule has 1 aliphatic heterocycles. The molecule has 4 heterocycles. The Morgan fingerprint density at radius 3 is 2.59 bits per heavy atom. The maximum atomic E-state index is 5.65. The van der Waals surface area contributed by atoms with Gasteiger partial charge in [-0.25, -0.2) is 15.0 Å². The van der Waals surface area contributed by atoms with Crippen molar-refractivity contribution in [3.8, 4) is 0 Å². The molecule has 8 nitrogen and oxygen atoms in total. The minimum absolute atomic E-state index is 0.456. The second-order valence-corrected chi connectivity index (χ2v) is 8.94. The van der Waals surface area contributed by atoms with E-state index in [1.807, 2.05) is 30.6 Å². The van der Waals surface area contributed by atoms with Crippen LogP contribution in [0.25, 0.3) is 21.9 Å². The van der Waals surface area contributed by atoms with Gasteiger partial charge in [0.15, 0.2) is 5.58 Å². The lowest BCUT2D eigenvalue weighted by Gasteiger charge is -2.33. The van der Waals surface area contributed by atoms with Crippen molar-refractivity contribution >= 4 is 39.3 Å². The van der Waals surface area contributed by atoms with E-state index in [1.165, 1.54) is 12.8 Å². The van der Waals surface area contributed by atoms with Crippen molar-refractivity contribution in [1.29, 1.82) is 0 Å². The molecule has 4 aromatic rings. The summed E-state index contributed by atoms with van der Waals surface area (Å²) in [6.45, 7) is 4.20. The van der Waals surface area contributed by atoms with E-state index in [0.717, 1.165) is 78.1 Å². The van der Waals surface area contributed by atoms with Gasteiger partial charge in [0.2, 0.25) is 5.95 Å². The molecule has 0 amide bonds. The first-order chi connectivity index (χ1) is 15.7. The van der Waals surface area contributed by atoms with E-state index in [4.69, 9.17) is 9.51 Å². The van der Waals surface area contributed by atoms with Gasteiger partial charge in [-0.15, -0.1) is 0 Å². The number of piperazine rings is 1. The van der Waals surface area contributed by atoms with Gasteiger partial charge in [0.1, 0.15) is 5.82 Å². The van der Waals surface area contributed by atoms with E-state index in [2.05, 4.69) is 43.4 Å². The van der Waals surface area contributed by atoms with Crippen LogP contribution in [0.3, 0.4) is 0 Å². The highest BCUT2D eigenvalue weighted by Crippen LogP contribution is 2.39. The van der Waals surface area contributed by atoms with Crippen LogP contribution in [0.1, 0.15) is 37.3 Å². The van der Waals surface area contributed by atoms with Crippen molar-refractivity contribution in [3.63, 3.8) is 0 Å². The molecule has 1 aliphatic carbocycles. The molecule has 6 rings (SSSR count). The highest BCUT2D eigenvalue weighted by atomic mass is 16.5. The number of fused-ring (bicyclic) bond motifs is 3. The molecule has 1 N–H and O–H groups in total. The van der Waals surface area contributed by atoms with Crippen LogP contribution in [0.5, 0.6) is 0 Å². The van der Waals surface area contributed by atoms with Crippen molar-refractivity contribution in [2.45, 2.75) is 31.6 Å². The van der Waals surface area contributed by atoms with Gasteiger partial charge >= 0.3 is 0 Å². The fourth-order valence-corrected chi connectivity index (χ4v) is 4.91.